The zero-order valence-electron chi connectivity index (χ0n) is 10.7. The molecule has 0 radical (unpaired) electrons. The molecule has 0 saturated carbocycles. The Morgan fingerprint density at radius 1 is 1.21 bits per heavy atom. The van der Waals surface area contributed by atoms with Crippen LogP contribution in [-0.2, 0) is 6.54 Å². The number of hydrogen-bond donors (Lipinski definition) is 3. The number of rotatable bonds is 3. The van der Waals surface area contributed by atoms with E-state index in [2.05, 4.69) is 5.10 Å². The van der Waals surface area contributed by atoms with Crippen molar-refractivity contribution < 1.29 is 20.0 Å². The van der Waals surface area contributed by atoms with E-state index < -0.39 is 0 Å². The van der Waals surface area contributed by atoms with Crippen molar-refractivity contribution >= 4 is 23.5 Å². The minimum atomic E-state index is -0.333. The van der Waals surface area contributed by atoms with Gasteiger partial charge in [-0.3, -0.25) is 0 Å². The van der Waals surface area contributed by atoms with Crippen LogP contribution >= 0.6 is 11.3 Å². The van der Waals surface area contributed by atoms with Crippen molar-refractivity contribution in [3.63, 3.8) is 0 Å². The molecule has 1 aromatic heterocycles. The normalized spacial score (nSPS) is 11.3. The first kappa shape index (κ1) is 13.4. The van der Waals surface area contributed by atoms with E-state index >= 15 is 0 Å². The highest BCUT2D eigenvalue weighted by Gasteiger charge is 2.14. The molecule has 0 aliphatic rings. The molecule has 0 aliphatic heterocycles. The number of phenols is 3. The minimum absolute atomic E-state index is 0.0872. The van der Waals surface area contributed by atoms with E-state index in [9.17, 15) is 15.3 Å². The molecule has 0 spiro atoms. The van der Waals surface area contributed by atoms with Gasteiger partial charge in [0, 0.05) is 11.2 Å². The lowest BCUT2D eigenvalue weighted by molar-refractivity contribution is -0.747. The van der Waals surface area contributed by atoms with E-state index in [-0.39, 0.29) is 22.8 Å². The molecule has 1 heterocycles. The summed E-state index contributed by atoms with van der Waals surface area (Å²) in [5.41, 5.74) is 0.189. The van der Waals surface area contributed by atoms with Crippen LogP contribution in [0.4, 0.5) is 0 Å². The Morgan fingerprint density at radius 3 is 2.58 bits per heavy atom. The standard InChI is InChI=1S/C13H14N2O3S/c1-3-15-12(19-8(2)14-15)7-4-9-10(16)5-6-11(17)13(9)18/h4-7H,3H2,1-2H3,(H2,16,17,18)/p+1. The van der Waals surface area contributed by atoms with Crippen LogP contribution in [0.15, 0.2) is 12.1 Å². The third kappa shape index (κ3) is 2.68. The number of aromatic hydroxyl groups is 3. The average Bonchev–Trinajstić information content (AvgIpc) is 2.74. The summed E-state index contributed by atoms with van der Waals surface area (Å²) in [7, 11) is 0. The fourth-order valence-electron chi connectivity index (χ4n) is 1.70. The zero-order chi connectivity index (χ0) is 14.0. The van der Waals surface area contributed by atoms with Crippen LogP contribution in [0.3, 0.4) is 0 Å². The summed E-state index contributed by atoms with van der Waals surface area (Å²) >= 11 is 1.51. The lowest BCUT2D eigenvalue weighted by Gasteiger charge is -2.03. The molecule has 0 fully saturated rings. The maximum atomic E-state index is 9.71. The number of hydrogen-bond acceptors (Lipinski definition) is 5. The van der Waals surface area contributed by atoms with Crippen molar-refractivity contribution in [2.24, 2.45) is 0 Å². The molecule has 1 aromatic carbocycles. The van der Waals surface area contributed by atoms with Crippen LogP contribution in [0, 0.1) is 6.92 Å². The molecule has 2 aromatic rings. The largest absolute Gasteiger partial charge is 0.507 e. The Hall–Kier alpha value is -2.08. The van der Waals surface area contributed by atoms with Crippen LogP contribution in [0.2, 0.25) is 0 Å². The summed E-state index contributed by atoms with van der Waals surface area (Å²) in [5, 5.41) is 35.0. The molecule has 100 valence electrons. The van der Waals surface area contributed by atoms with Crippen molar-refractivity contribution in [3.05, 3.63) is 27.7 Å². The van der Waals surface area contributed by atoms with Gasteiger partial charge in [-0.25, -0.2) is 0 Å². The van der Waals surface area contributed by atoms with Gasteiger partial charge in [-0.1, -0.05) is 4.68 Å². The van der Waals surface area contributed by atoms with Gasteiger partial charge in [0.1, 0.15) is 5.75 Å². The van der Waals surface area contributed by atoms with E-state index in [4.69, 9.17) is 0 Å². The highest BCUT2D eigenvalue weighted by atomic mass is 32.1. The Kier molecular flexibility index (Phi) is 3.71. The van der Waals surface area contributed by atoms with Crippen molar-refractivity contribution in [2.45, 2.75) is 20.4 Å². The molecule has 19 heavy (non-hydrogen) atoms. The number of aryl methyl sites for hydroxylation is 2. The molecule has 0 unspecified atom stereocenters. The predicted molar refractivity (Wildman–Crippen MR) is 73.1 cm³/mol. The molecule has 2 rings (SSSR count). The first-order chi connectivity index (χ1) is 9.02. The Bertz CT molecular complexity index is 635. The van der Waals surface area contributed by atoms with Gasteiger partial charge in [-0.2, -0.15) is 0 Å². The highest BCUT2D eigenvalue weighted by Crippen LogP contribution is 2.36. The van der Waals surface area contributed by atoms with E-state index in [1.807, 2.05) is 18.5 Å². The molecular weight excluding hydrogens is 264 g/mol. The second kappa shape index (κ2) is 5.27. The van der Waals surface area contributed by atoms with Gasteiger partial charge in [0.05, 0.1) is 5.56 Å². The van der Waals surface area contributed by atoms with Gasteiger partial charge < -0.3 is 15.3 Å². The van der Waals surface area contributed by atoms with Crippen molar-refractivity contribution in [3.8, 4) is 17.2 Å². The van der Waals surface area contributed by atoms with Crippen LogP contribution in [-0.4, -0.2) is 20.4 Å². The predicted octanol–water partition coefficient (Wildman–Crippen LogP) is 2.05. The Morgan fingerprint density at radius 2 is 1.89 bits per heavy atom. The van der Waals surface area contributed by atoms with Gasteiger partial charge in [-0.05, 0) is 43.4 Å². The molecule has 3 N–H and O–H groups in total. The quantitative estimate of drug-likeness (QED) is 0.456. The smallest absolute Gasteiger partial charge is 0.289 e. The van der Waals surface area contributed by atoms with E-state index in [0.29, 0.717) is 0 Å². The molecule has 0 amide bonds. The Balaban J connectivity index is 2.40. The second-order valence-corrected chi connectivity index (χ2v) is 5.19. The van der Waals surface area contributed by atoms with Crippen molar-refractivity contribution in [1.82, 2.24) is 5.10 Å². The first-order valence-electron chi connectivity index (χ1n) is 5.82. The molecule has 0 saturated heterocycles. The minimum Gasteiger partial charge on any atom is -0.507 e. The van der Waals surface area contributed by atoms with Gasteiger partial charge >= 0.3 is 0 Å². The van der Waals surface area contributed by atoms with Gasteiger partial charge in [0.2, 0.25) is 0 Å². The second-order valence-electron chi connectivity index (χ2n) is 3.97. The van der Waals surface area contributed by atoms with E-state index in [1.165, 1.54) is 23.5 Å². The molecule has 0 aliphatic carbocycles. The summed E-state index contributed by atoms with van der Waals surface area (Å²) in [4.78, 5) is 0. The topological polar surface area (TPSA) is 77.5 Å². The van der Waals surface area contributed by atoms with E-state index in [1.54, 1.807) is 12.2 Å². The van der Waals surface area contributed by atoms with Crippen LogP contribution in [0.1, 0.15) is 22.5 Å². The fourth-order valence-corrected chi connectivity index (χ4v) is 2.55. The summed E-state index contributed by atoms with van der Waals surface area (Å²) < 4.78 is 1.83. The number of nitrogens with zero attached hydrogens (tertiary/aromatic N) is 2. The third-order valence-electron chi connectivity index (χ3n) is 2.63. The summed E-state index contributed by atoms with van der Waals surface area (Å²) in [6.07, 6.45) is 3.31. The molecular formula is C13H15N2O3S+. The summed E-state index contributed by atoms with van der Waals surface area (Å²) in [5.74, 6) is -0.683. The average molecular weight is 279 g/mol. The monoisotopic (exact) mass is 279 g/mol. The summed E-state index contributed by atoms with van der Waals surface area (Å²) in [6.45, 7) is 4.64. The lowest BCUT2D eigenvalue weighted by Crippen LogP contribution is -2.36. The molecule has 0 atom stereocenters. The van der Waals surface area contributed by atoms with Crippen LogP contribution in [0.5, 0.6) is 17.2 Å². The molecule has 5 nitrogen and oxygen atoms in total. The first-order valence-corrected chi connectivity index (χ1v) is 6.64. The maximum Gasteiger partial charge on any atom is 0.289 e. The molecule has 0 bridgehead atoms. The van der Waals surface area contributed by atoms with Crippen molar-refractivity contribution in [2.75, 3.05) is 0 Å². The highest BCUT2D eigenvalue weighted by molar-refractivity contribution is 7.11. The van der Waals surface area contributed by atoms with Gasteiger partial charge in [0.15, 0.2) is 23.1 Å². The molecule has 6 heteroatoms. The van der Waals surface area contributed by atoms with Gasteiger partial charge in [0.25, 0.3) is 5.01 Å². The van der Waals surface area contributed by atoms with Crippen LogP contribution in [0.25, 0.3) is 12.2 Å². The number of phenolic OH excluding ortho intramolecular Hbond substituents is 3. The zero-order valence-corrected chi connectivity index (χ0v) is 11.5. The van der Waals surface area contributed by atoms with Gasteiger partial charge in [-0.15, -0.1) is 0 Å². The number of aromatic nitrogens is 2. The third-order valence-corrected chi connectivity index (χ3v) is 3.57. The van der Waals surface area contributed by atoms with E-state index in [0.717, 1.165) is 16.6 Å². The maximum absolute atomic E-state index is 9.71. The SMILES string of the molecule is CC[n+]1nc(C)sc1C=Cc1c(O)ccc(O)c1O. The van der Waals surface area contributed by atoms with Crippen molar-refractivity contribution in [1.29, 1.82) is 0 Å². The summed E-state index contributed by atoms with van der Waals surface area (Å²) in [6, 6.07) is 2.57. The Labute approximate surface area is 114 Å². The fraction of sp³-hybridized carbons (Fsp3) is 0.231. The lowest BCUT2D eigenvalue weighted by atomic mass is 10.1. The van der Waals surface area contributed by atoms with Crippen LogP contribution < -0.4 is 4.68 Å². The number of benzene rings is 1.